The number of nitrogens with zero attached hydrogens (tertiary/aromatic N) is 1. The Balaban J connectivity index is 3.66. The van der Waals surface area contributed by atoms with Gasteiger partial charge < -0.3 is 14.9 Å². The van der Waals surface area contributed by atoms with Crippen LogP contribution in [0.1, 0.15) is 6.92 Å². The van der Waals surface area contributed by atoms with Crippen LogP contribution in [0.2, 0.25) is 0 Å². The molecular formula is C5H12NO4P. The molecule has 0 aliphatic carbocycles. The van der Waals surface area contributed by atoms with Gasteiger partial charge in [0.25, 0.3) is 0 Å². The smallest absolute Gasteiger partial charge is 0.317 e. The summed E-state index contributed by atoms with van der Waals surface area (Å²) in [5.74, 6) is -0.955. The molecule has 0 aromatic carbocycles. The number of aliphatic carboxylic acids is 1. The van der Waals surface area contributed by atoms with E-state index in [1.54, 1.807) is 6.92 Å². The summed E-state index contributed by atoms with van der Waals surface area (Å²) in [6.45, 7) is 2.13. The van der Waals surface area contributed by atoms with E-state index in [-0.39, 0.29) is 12.8 Å². The minimum atomic E-state index is -2.01. The molecule has 5 nitrogen and oxygen atoms in total. The average Bonchev–Trinajstić information content (AvgIpc) is 1.84. The molecule has 0 fully saturated rings. The largest absolute Gasteiger partial charge is 0.480 e. The van der Waals surface area contributed by atoms with Gasteiger partial charge in [0.1, 0.15) is 0 Å². The van der Waals surface area contributed by atoms with E-state index in [9.17, 15) is 4.79 Å². The van der Waals surface area contributed by atoms with Gasteiger partial charge in [-0.05, 0) is 6.54 Å². The number of likely N-dealkylation sites (N-methyl/N-ethyl adjacent to an activating group) is 1. The fourth-order valence-corrected chi connectivity index (χ4v) is 1.29. The number of rotatable bonds is 5. The molecule has 0 unspecified atom stereocenters. The summed E-state index contributed by atoms with van der Waals surface area (Å²) >= 11 is 0. The second kappa shape index (κ2) is 5.43. The molecule has 0 aliphatic heterocycles. The minimum absolute atomic E-state index is 0.0398. The van der Waals surface area contributed by atoms with Crippen molar-refractivity contribution in [2.24, 2.45) is 0 Å². The SMILES string of the molecule is CCN(CC(=O)O)CP(O)O. The van der Waals surface area contributed by atoms with Crippen LogP contribution in [0.15, 0.2) is 0 Å². The minimum Gasteiger partial charge on any atom is -0.480 e. The summed E-state index contributed by atoms with van der Waals surface area (Å²) < 4.78 is 0. The van der Waals surface area contributed by atoms with E-state index in [2.05, 4.69) is 0 Å². The predicted molar refractivity (Wildman–Crippen MR) is 41.1 cm³/mol. The molecule has 0 rings (SSSR count). The van der Waals surface area contributed by atoms with Crippen LogP contribution in [0.3, 0.4) is 0 Å². The Hall–Kier alpha value is -0.220. The molecule has 0 heterocycles. The molecule has 0 aromatic rings. The topological polar surface area (TPSA) is 81.0 Å². The van der Waals surface area contributed by atoms with Crippen molar-refractivity contribution >= 4 is 14.3 Å². The first-order valence-corrected chi connectivity index (χ1v) is 4.59. The van der Waals surface area contributed by atoms with Crippen molar-refractivity contribution in [3.63, 3.8) is 0 Å². The Kier molecular flexibility index (Phi) is 5.32. The van der Waals surface area contributed by atoms with Crippen molar-refractivity contribution in [2.75, 3.05) is 19.4 Å². The summed E-state index contributed by atoms with van der Waals surface area (Å²) in [7, 11) is -2.01. The van der Waals surface area contributed by atoms with Crippen LogP contribution in [0.4, 0.5) is 0 Å². The maximum Gasteiger partial charge on any atom is 0.317 e. The van der Waals surface area contributed by atoms with Crippen molar-refractivity contribution in [3.05, 3.63) is 0 Å². The standard InChI is InChI=1S/C5H12NO4P/c1-2-6(3-5(7)8)4-11(9)10/h9-10H,2-4H2,1H3,(H,7,8). The molecule has 0 aromatic heterocycles. The molecule has 6 heteroatoms. The lowest BCUT2D eigenvalue weighted by Gasteiger charge is -2.17. The molecule has 0 radical (unpaired) electrons. The molecule has 0 spiro atoms. The van der Waals surface area contributed by atoms with E-state index >= 15 is 0 Å². The molecule has 0 bridgehead atoms. The zero-order valence-corrected chi connectivity index (χ0v) is 7.16. The normalized spacial score (nSPS) is 11.0. The van der Waals surface area contributed by atoms with Crippen molar-refractivity contribution in [2.45, 2.75) is 6.92 Å². The van der Waals surface area contributed by atoms with E-state index < -0.39 is 14.3 Å². The van der Waals surface area contributed by atoms with Crippen molar-refractivity contribution < 1.29 is 19.7 Å². The Morgan fingerprint density at radius 1 is 1.55 bits per heavy atom. The maximum absolute atomic E-state index is 10.2. The summed E-state index contributed by atoms with van der Waals surface area (Å²) in [4.78, 5) is 28.7. The highest BCUT2D eigenvalue weighted by Gasteiger charge is 2.10. The number of carboxylic acid groups (broad SMARTS) is 1. The highest BCUT2D eigenvalue weighted by molar-refractivity contribution is 7.44. The summed E-state index contributed by atoms with van der Waals surface area (Å²) in [6.07, 6.45) is 0.0398. The van der Waals surface area contributed by atoms with Gasteiger partial charge in [0, 0.05) is 0 Å². The predicted octanol–water partition coefficient (Wildman–Crippen LogP) is -0.353. The number of hydrogen-bond donors (Lipinski definition) is 3. The third-order valence-electron chi connectivity index (χ3n) is 1.13. The molecule has 0 saturated carbocycles. The Morgan fingerprint density at radius 2 is 2.09 bits per heavy atom. The number of carboxylic acids is 1. The van der Waals surface area contributed by atoms with Gasteiger partial charge in [-0.2, -0.15) is 0 Å². The van der Waals surface area contributed by atoms with Crippen LogP contribution in [0.25, 0.3) is 0 Å². The van der Waals surface area contributed by atoms with E-state index in [4.69, 9.17) is 14.9 Å². The van der Waals surface area contributed by atoms with Crippen LogP contribution in [-0.2, 0) is 4.79 Å². The second-order valence-electron chi connectivity index (χ2n) is 2.05. The quantitative estimate of drug-likeness (QED) is 0.505. The van der Waals surface area contributed by atoms with Crippen molar-refractivity contribution in [1.29, 1.82) is 0 Å². The van der Waals surface area contributed by atoms with Crippen LogP contribution in [0, 0.1) is 0 Å². The fraction of sp³-hybridized carbons (Fsp3) is 0.800. The molecule has 66 valence electrons. The van der Waals surface area contributed by atoms with Gasteiger partial charge in [-0.1, -0.05) is 6.92 Å². The van der Waals surface area contributed by atoms with E-state index in [1.807, 2.05) is 0 Å². The zero-order chi connectivity index (χ0) is 8.85. The van der Waals surface area contributed by atoms with E-state index in [0.717, 1.165) is 0 Å². The van der Waals surface area contributed by atoms with Gasteiger partial charge in [-0.15, -0.1) is 0 Å². The fourth-order valence-electron chi connectivity index (χ4n) is 0.632. The Morgan fingerprint density at radius 3 is 2.36 bits per heavy atom. The lowest BCUT2D eigenvalue weighted by molar-refractivity contribution is -0.138. The van der Waals surface area contributed by atoms with Crippen molar-refractivity contribution in [3.8, 4) is 0 Å². The van der Waals surface area contributed by atoms with Gasteiger partial charge >= 0.3 is 5.97 Å². The second-order valence-corrected chi connectivity index (χ2v) is 3.08. The van der Waals surface area contributed by atoms with Gasteiger partial charge in [0.05, 0.1) is 12.8 Å². The lowest BCUT2D eigenvalue weighted by Crippen LogP contribution is -2.29. The Labute approximate surface area is 66.2 Å². The van der Waals surface area contributed by atoms with E-state index in [1.165, 1.54) is 4.90 Å². The molecule has 0 aliphatic rings. The van der Waals surface area contributed by atoms with Crippen LogP contribution in [0.5, 0.6) is 0 Å². The summed E-state index contributed by atoms with van der Waals surface area (Å²) in [5, 5.41) is 8.33. The first-order chi connectivity index (χ1) is 5.06. The third-order valence-corrected chi connectivity index (χ3v) is 1.79. The molecular weight excluding hydrogens is 169 g/mol. The zero-order valence-electron chi connectivity index (χ0n) is 6.27. The van der Waals surface area contributed by atoms with Crippen LogP contribution < -0.4 is 0 Å². The molecule has 0 saturated heterocycles. The number of carbonyl (C=O) groups is 1. The third kappa shape index (κ3) is 6.19. The average molecular weight is 181 g/mol. The van der Waals surface area contributed by atoms with E-state index in [0.29, 0.717) is 6.54 Å². The summed E-state index contributed by atoms with van der Waals surface area (Å²) in [6, 6.07) is 0. The number of hydrogen-bond acceptors (Lipinski definition) is 4. The van der Waals surface area contributed by atoms with Crippen LogP contribution >= 0.6 is 8.38 Å². The lowest BCUT2D eigenvalue weighted by atomic mass is 10.5. The summed E-state index contributed by atoms with van der Waals surface area (Å²) in [5.41, 5.74) is 0. The molecule has 0 atom stereocenters. The molecule has 11 heavy (non-hydrogen) atoms. The first-order valence-electron chi connectivity index (χ1n) is 3.15. The van der Waals surface area contributed by atoms with Gasteiger partial charge in [-0.25, -0.2) is 0 Å². The van der Waals surface area contributed by atoms with Gasteiger partial charge in [-0.3, -0.25) is 9.69 Å². The Bertz CT molecular complexity index is 130. The monoisotopic (exact) mass is 181 g/mol. The van der Waals surface area contributed by atoms with Crippen LogP contribution in [-0.4, -0.2) is 45.1 Å². The first kappa shape index (κ1) is 10.8. The van der Waals surface area contributed by atoms with Gasteiger partial charge in [0.2, 0.25) is 0 Å². The molecule has 0 amide bonds. The maximum atomic E-state index is 10.2. The molecule has 3 N–H and O–H groups in total. The van der Waals surface area contributed by atoms with Gasteiger partial charge in [0.15, 0.2) is 8.38 Å². The highest BCUT2D eigenvalue weighted by atomic mass is 31.2. The highest BCUT2D eigenvalue weighted by Crippen LogP contribution is 2.23. The van der Waals surface area contributed by atoms with Crippen molar-refractivity contribution in [1.82, 2.24) is 4.90 Å².